The van der Waals surface area contributed by atoms with Gasteiger partial charge in [0.15, 0.2) is 0 Å². The first-order valence-electron chi connectivity index (χ1n) is 6.53. The Balaban J connectivity index is 2.33. The van der Waals surface area contributed by atoms with Gasteiger partial charge < -0.3 is 5.21 Å². The van der Waals surface area contributed by atoms with E-state index < -0.39 is 0 Å². The van der Waals surface area contributed by atoms with Crippen molar-refractivity contribution < 1.29 is 5.21 Å². The maximum Gasteiger partial charge on any atom is 0.0696 e. The molecule has 0 unspecified atom stereocenters. The van der Waals surface area contributed by atoms with Gasteiger partial charge in [-0.05, 0) is 47.0 Å². The molecule has 0 amide bonds. The summed E-state index contributed by atoms with van der Waals surface area (Å²) in [5.74, 6) is 0. The van der Waals surface area contributed by atoms with Crippen molar-refractivity contribution in [3.05, 3.63) is 41.0 Å². The van der Waals surface area contributed by atoms with Crippen LogP contribution in [0.1, 0.15) is 51.2 Å². The van der Waals surface area contributed by atoms with Gasteiger partial charge in [-0.3, -0.25) is 0 Å². The summed E-state index contributed by atoms with van der Waals surface area (Å²) in [5, 5.41) is 11.8. The Morgan fingerprint density at radius 2 is 1.78 bits per heavy atom. The van der Waals surface area contributed by atoms with Gasteiger partial charge in [0.25, 0.3) is 0 Å². The predicted molar refractivity (Wildman–Crippen MR) is 76.2 cm³/mol. The van der Waals surface area contributed by atoms with Gasteiger partial charge in [0.05, 0.1) is 6.21 Å². The number of rotatable bonds is 2. The molecule has 1 aliphatic rings. The molecule has 18 heavy (non-hydrogen) atoms. The molecule has 1 aliphatic carbocycles. The number of nitrogens with zero attached hydrogens (tertiary/aromatic N) is 1. The van der Waals surface area contributed by atoms with Gasteiger partial charge in [0.2, 0.25) is 0 Å². The quantitative estimate of drug-likeness (QED) is 0.466. The van der Waals surface area contributed by atoms with Gasteiger partial charge in [-0.2, -0.15) is 0 Å². The number of oxime groups is 1. The first kappa shape index (κ1) is 12.9. The zero-order valence-corrected chi connectivity index (χ0v) is 11.4. The van der Waals surface area contributed by atoms with Crippen molar-refractivity contribution in [2.75, 3.05) is 0 Å². The molecule has 0 aliphatic heterocycles. The van der Waals surface area contributed by atoms with Gasteiger partial charge in [-0.15, -0.1) is 0 Å². The van der Waals surface area contributed by atoms with Crippen LogP contribution in [0.15, 0.2) is 35.0 Å². The lowest BCUT2D eigenvalue weighted by Crippen LogP contribution is -2.10. The van der Waals surface area contributed by atoms with E-state index in [0.29, 0.717) is 0 Å². The summed E-state index contributed by atoms with van der Waals surface area (Å²) in [5.41, 5.74) is 5.30. The molecule has 1 aromatic rings. The molecule has 96 valence electrons. The van der Waals surface area contributed by atoms with Crippen LogP contribution in [0.3, 0.4) is 0 Å². The minimum absolute atomic E-state index is 0.192. The molecule has 2 nitrogen and oxygen atoms in total. The van der Waals surface area contributed by atoms with E-state index in [1.54, 1.807) is 6.21 Å². The maximum absolute atomic E-state index is 8.68. The van der Waals surface area contributed by atoms with Crippen LogP contribution in [-0.4, -0.2) is 11.4 Å². The number of benzene rings is 1. The Labute approximate surface area is 109 Å². The first-order valence-corrected chi connectivity index (χ1v) is 6.53. The molecule has 2 rings (SSSR count). The van der Waals surface area contributed by atoms with Gasteiger partial charge >= 0.3 is 0 Å². The minimum Gasteiger partial charge on any atom is -0.411 e. The third-order valence-corrected chi connectivity index (χ3v) is 3.57. The molecule has 2 heteroatoms. The molecule has 0 spiro atoms. The predicted octanol–water partition coefficient (Wildman–Crippen LogP) is 4.38. The highest BCUT2D eigenvalue weighted by Gasteiger charge is 2.17. The van der Waals surface area contributed by atoms with Crippen molar-refractivity contribution in [2.45, 2.75) is 45.4 Å². The number of allylic oxidation sites excluding steroid dienone is 2. The van der Waals surface area contributed by atoms with E-state index in [-0.39, 0.29) is 5.41 Å². The first-order chi connectivity index (χ1) is 8.52. The maximum atomic E-state index is 8.68. The molecule has 0 radical (unpaired) electrons. The SMILES string of the molecule is CC(C)(C)c1ccc(C2=C(/C=N/O)CCC2)cc1. The largest absolute Gasteiger partial charge is 0.411 e. The molecular weight excluding hydrogens is 222 g/mol. The van der Waals surface area contributed by atoms with E-state index in [1.165, 1.54) is 22.3 Å². The lowest BCUT2D eigenvalue weighted by molar-refractivity contribution is 0.321. The van der Waals surface area contributed by atoms with Crippen molar-refractivity contribution in [1.82, 2.24) is 0 Å². The molecule has 0 aromatic heterocycles. The highest BCUT2D eigenvalue weighted by Crippen LogP contribution is 2.34. The van der Waals surface area contributed by atoms with E-state index >= 15 is 0 Å². The Bertz CT molecular complexity index is 475. The molecule has 0 fully saturated rings. The third-order valence-electron chi connectivity index (χ3n) is 3.57. The van der Waals surface area contributed by atoms with Crippen LogP contribution in [0.4, 0.5) is 0 Å². The number of hydrogen-bond donors (Lipinski definition) is 1. The van der Waals surface area contributed by atoms with E-state index in [1.807, 2.05) is 0 Å². The molecule has 0 saturated carbocycles. The second-order valence-electron chi connectivity index (χ2n) is 5.93. The normalized spacial score (nSPS) is 16.8. The lowest BCUT2D eigenvalue weighted by atomic mass is 9.86. The summed E-state index contributed by atoms with van der Waals surface area (Å²) >= 11 is 0. The molecular formula is C16H21NO. The summed E-state index contributed by atoms with van der Waals surface area (Å²) in [6.07, 6.45) is 4.83. The topological polar surface area (TPSA) is 32.6 Å². The standard InChI is InChI=1S/C16H21NO/c1-16(2,3)14-9-7-12(8-10-14)15-6-4-5-13(15)11-17-18/h7-11,18H,4-6H2,1-3H3/b17-11+. The fourth-order valence-corrected chi connectivity index (χ4v) is 2.48. The monoisotopic (exact) mass is 243 g/mol. The van der Waals surface area contributed by atoms with Gasteiger partial charge in [-0.1, -0.05) is 50.2 Å². The van der Waals surface area contributed by atoms with Crippen molar-refractivity contribution in [3.63, 3.8) is 0 Å². The van der Waals surface area contributed by atoms with Crippen LogP contribution >= 0.6 is 0 Å². The average Bonchev–Trinajstić information content (AvgIpc) is 2.77. The number of hydrogen-bond acceptors (Lipinski definition) is 2. The Morgan fingerprint density at radius 1 is 1.11 bits per heavy atom. The summed E-state index contributed by atoms with van der Waals surface area (Å²) in [6.45, 7) is 6.67. The Kier molecular flexibility index (Phi) is 3.55. The van der Waals surface area contributed by atoms with Gasteiger partial charge in [0.1, 0.15) is 0 Å². The van der Waals surface area contributed by atoms with E-state index in [0.717, 1.165) is 19.3 Å². The summed E-state index contributed by atoms with van der Waals surface area (Å²) in [6, 6.07) is 8.78. The molecule has 0 heterocycles. The highest BCUT2D eigenvalue weighted by atomic mass is 16.4. The second kappa shape index (κ2) is 4.97. The third kappa shape index (κ3) is 2.63. The molecule has 0 atom stereocenters. The average molecular weight is 243 g/mol. The van der Waals surface area contributed by atoms with Crippen LogP contribution in [0.25, 0.3) is 5.57 Å². The van der Waals surface area contributed by atoms with E-state index in [9.17, 15) is 0 Å². The fourth-order valence-electron chi connectivity index (χ4n) is 2.48. The fraction of sp³-hybridized carbons (Fsp3) is 0.438. The minimum atomic E-state index is 0.192. The summed E-state index contributed by atoms with van der Waals surface area (Å²) in [7, 11) is 0. The van der Waals surface area contributed by atoms with Crippen LogP contribution in [0, 0.1) is 0 Å². The van der Waals surface area contributed by atoms with Crippen LogP contribution in [0.2, 0.25) is 0 Å². The smallest absolute Gasteiger partial charge is 0.0696 e. The zero-order chi connectivity index (χ0) is 13.2. The Hall–Kier alpha value is -1.57. The van der Waals surface area contributed by atoms with E-state index in [2.05, 4.69) is 50.2 Å². The molecule has 0 saturated heterocycles. The molecule has 1 aromatic carbocycles. The second-order valence-corrected chi connectivity index (χ2v) is 5.93. The van der Waals surface area contributed by atoms with Crippen LogP contribution in [-0.2, 0) is 5.41 Å². The zero-order valence-electron chi connectivity index (χ0n) is 11.4. The molecule has 0 bridgehead atoms. The summed E-state index contributed by atoms with van der Waals surface area (Å²) < 4.78 is 0. The highest BCUT2D eigenvalue weighted by molar-refractivity contribution is 5.92. The van der Waals surface area contributed by atoms with Crippen LogP contribution < -0.4 is 0 Å². The van der Waals surface area contributed by atoms with Gasteiger partial charge in [0, 0.05) is 0 Å². The summed E-state index contributed by atoms with van der Waals surface area (Å²) in [4.78, 5) is 0. The van der Waals surface area contributed by atoms with Gasteiger partial charge in [-0.25, -0.2) is 0 Å². The van der Waals surface area contributed by atoms with Crippen molar-refractivity contribution in [1.29, 1.82) is 0 Å². The van der Waals surface area contributed by atoms with Crippen LogP contribution in [0.5, 0.6) is 0 Å². The lowest BCUT2D eigenvalue weighted by Gasteiger charge is -2.19. The van der Waals surface area contributed by atoms with E-state index in [4.69, 9.17) is 5.21 Å². The van der Waals surface area contributed by atoms with Crippen molar-refractivity contribution in [2.24, 2.45) is 5.16 Å². The Morgan fingerprint density at radius 3 is 2.33 bits per heavy atom. The van der Waals surface area contributed by atoms with Crippen molar-refractivity contribution in [3.8, 4) is 0 Å². The van der Waals surface area contributed by atoms with Crippen molar-refractivity contribution >= 4 is 11.8 Å². The molecule has 1 N–H and O–H groups in total.